The third-order valence-electron chi connectivity index (χ3n) is 4.45. The standard InChI is InChI=1S/C17H24F3N/c1-3-14-7-10-21(11-8-14)16-12-13(2)4-5-15(16)6-9-17(18,19)20/h4-5,12,14H,3,6-11H2,1-2H3. The van der Waals surface area contributed by atoms with Crippen LogP contribution in [0.3, 0.4) is 0 Å². The number of piperidine rings is 1. The summed E-state index contributed by atoms with van der Waals surface area (Å²) >= 11 is 0. The van der Waals surface area contributed by atoms with Gasteiger partial charge in [-0.15, -0.1) is 0 Å². The second-order valence-electron chi connectivity index (χ2n) is 6.09. The van der Waals surface area contributed by atoms with Crippen molar-refractivity contribution in [3.8, 4) is 0 Å². The molecule has 1 aromatic carbocycles. The molecule has 1 aromatic rings. The molecule has 4 heteroatoms. The number of hydrogen-bond acceptors (Lipinski definition) is 1. The summed E-state index contributed by atoms with van der Waals surface area (Å²) in [5, 5.41) is 0. The number of benzene rings is 1. The van der Waals surface area contributed by atoms with E-state index in [1.807, 2.05) is 25.1 Å². The molecule has 21 heavy (non-hydrogen) atoms. The second-order valence-corrected chi connectivity index (χ2v) is 6.09. The number of aryl methyl sites for hydroxylation is 2. The maximum Gasteiger partial charge on any atom is 0.389 e. The van der Waals surface area contributed by atoms with E-state index < -0.39 is 12.6 Å². The Morgan fingerprint density at radius 2 is 1.86 bits per heavy atom. The van der Waals surface area contributed by atoms with E-state index in [-0.39, 0.29) is 6.42 Å². The first-order valence-electron chi connectivity index (χ1n) is 7.80. The normalized spacial score (nSPS) is 17.3. The Hall–Kier alpha value is -1.19. The first-order valence-corrected chi connectivity index (χ1v) is 7.80. The van der Waals surface area contributed by atoms with E-state index in [0.717, 1.165) is 48.7 Å². The van der Waals surface area contributed by atoms with Gasteiger partial charge in [-0.05, 0) is 49.3 Å². The summed E-state index contributed by atoms with van der Waals surface area (Å²) in [7, 11) is 0. The summed E-state index contributed by atoms with van der Waals surface area (Å²) in [4.78, 5) is 2.27. The van der Waals surface area contributed by atoms with Gasteiger partial charge < -0.3 is 4.90 Å². The molecule has 0 spiro atoms. The molecular weight excluding hydrogens is 275 g/mol. The fourth-order valence-corrected chi connectivity index (χ4v) is 3.04. The SMILES string of the molecule is CCC1CCN(c2cc(C)ccc2CCC(F)(F)F)CC1. The van der Waals surface area contributed by atoms with Crippen molar-refractivity contribution < 1.29 is 13.2 Å². The molecule has 1 fully saturated rings. The molecule has 0 bridgehead atoms. The number of rotatable bonds is 4. The van der Waals surface area contributed by atoms with Crippen LogP contribution in [0.2, 0.25) is 0 Å². The van der Waals surface area contributed by atoms with Gasteiger partial charge in [0.1, 0.15) is 0 Å². The van der Waals surface area contributed by atoms with Crippen molar-refractivity contribution in [3.63, 3.8) is 0 Å². The maximum absolute atomic E-state index is 12.5. The minimum Gasteiger partial charge on any atom is -0.371 e. The Labute approximate surface area is 125 Å². The molecule has 0 aliphatic carbocycles. The third-order valence-corrected chi connectivity index (χ3v) is 4.45. The number of nitrogens with zero attached hydrogens (tertiary/aromatic N) is 1. The van der Waals surface area contributed by atoms with Gasteiger partial charge in [0.25, 0.3) is 0 Å². The minimum atomic E-state index is -4.09. The molecule has 1 nitrogen and oxygen atoms in total. The largest absolute Gasteiger partial charge is 0.389 e. The van der Waals surface area contributed by atoms with Gasteiger partial charge in [0.15, 0.2) is 0 Å². The summed E-state index contributed by atoms with van der Waals surface area (Å²) in [6.07, 6.45) is -1.27. The van der Waals surface area contributed by atoms with E-state index in [4.69, 9.17) is 0 Å². The number of halogens is 3. The Morgan fingerprint density at radius 1 is 1.19 bits per heavy atom. The Kier molecular flexibility index (Phi) is 5.17. The summed E-state index contributed by atoms with van der Waals surface area (Å²) in [5.74, 6) is 0.768. The predicted molar refractivity (Wildman–Crippen MR) is 80.8 cm³/mol. The van der Waals surface area contributed by atoms with Crippen molar-refractivity contribution in [3.05, 3.63) is 29.3 Å². The zero-order chi connectivity index (χ0) is 15.5. The van der Waals surface area contributed by atoms with Gasteiger partial charge in [-0.3, -0.25) is 0 Å². The van der Waals surface area contributed by atoms with Crippen LogP contribution >= 0.6 is 0 Å². The summed E-state index contributed by atoms with van der Waals surface area (Å²) < 4.78 is 37.4. The van der Waals surface area contributed by atoms with Crippen molar-refractivity contribution in [1.82, 2.24) is 0 Å². The highest BCUT2D eigenvalue weighted by atomic mass is 19.4. The Balaban J connectivity index is 2.12. The topological polar surface area (TPSA) is 3.24 Å². The molecule has 0 radical (unpaired) electrons. The molecule has 0 unspecified atom stereocenters. The van der Waals surface area contributed by atoms with Crippen LogP contribution in [0.5, 0.6) is 0 Å². The lowest BCUT2D eigenvalue weighted by Gasteiger charge is -2.34. The number of anilines is 1. The van der Waals surface area contributed by atoms with Gasteiger partial charge >= 0.3 is 6.18 Å². The molecule has 1 aliphatic rings. The lowest BCUT2D eigenvalue weighted by Crippen LogP contribution is -2.34. The van der Waals surface area contributed by atoms with Crippen LogP contribution in [0.25, 0.3) is 0 Å². The van der Waals surface area contributed by atoms with Crippen LogP contribution in [-0.2, 0) is 6.42 Å². The van der Waals surface area contributed by atoms with E-state index in [2.05, 4.69) is 11.8 Å². The summed E-state index contributed by atoms with van der Waals surface area (Å²) in [6.45, 7) is 6.12. The number of hydrogen-bond donors (Lipinski definition) is 0. The molecule has 0 aromatic heterocycles. The fourth-order valence-electron chi connectivity index (χ4n) is 3.04. The fraction of sp³-hybridized carbons (Fsp3) is 0.647. The first kappa shape index (κ1) is 16.2. The van der Waals surface area contributed by atoms with Crippen molar-refractivity contribution >= 4 is 5.69 Å². The van der Waals surface area contributed by atoms with Gasteiger partial charge in [0.2, 0.25) is 0 Å². The Morgan fingerprint density at radius 3 is 2.43 bits per heavy atom. The van der Waals surface area contributed by atoms with Crippen molar-refractivity contribution in [2.75, 3.05) is 18.0 Å². The van der Waals surface area contributed by atoms with Gasteiger partial charge in [-0.2, -0.15) is 13.2 Å². The van der Waals surface area contributed by atoms with Crippen LogP contribution < -0.4 is 4.90 Å². The Bertz CT molecular complexity index is 460. The highest BCUT2D eigenvalue weighted by Crippen LogP contribution is 2.31. The molecule has 0 N–H and O–H groups in total. The molecule has 1 saturated heterocycles. The average molecular weight is 299 g/mol. The van der Waals surface area contributed by atoms with Crippen molar-refractivity contribution in [1.29, 1.82) is 0 Å². The smallest absolute Gasteiger partial charge is 0.371 e. The number of alkyl halides is 3. The zero-order valence-electron chi connectivity index (χ0n) is 12.8. The molecule has 2 rings (SSSR count). The highest BCUT2D eigenvalue weighted by Gasteiger charge is 2.28. The lowest BCUT2D eigenvalue weighted by atomic mass is 9.93. The monoisotopic (exact) mass is 299 g/mol. The molecule has 1 aliphatic heterocycles. The van der Waals surface area contributed by atoms with Crippen LogP contribution in [0.1, 0.15) is 43.7 Å². The van der Waals surface area contributed by atoms with E-state index in [1.165, 1.54) is 6.42 Å². The predicted octanol–water partition coefficient (Wildman–Crippen LogP) is 5.12. The first-order chi connectivity index (χ1) is 9.89. The van der Waals surface area contributed by atoms with Crippen molar-refractivity contribution in [2.45, 2.75) is 52.1 Å². The van der Waals surface area contributed by atoms with Gasteiger partial charge in [-0.1, -0.05) is 25.5 Å². The van der Waals surface area contributed by atoms with Crippen LogP contribution in [0, 0.1) is 12.8 Å². The average Bonchev–Trinajstić information content (AvgIpc) is 2.45. The molecule has 0 amide bonds. The van der Waals surface area contributed by atoms with Crippen LogP contribution in [0.15, 0.2) is 18.2 Å². The van der Waals surface area contributed by atoms with E-state index in [1.54, 1.807) is 0 Å². The van der Waals surface area contributed by atoms with E-state index in [9.17, 15) is 13.2 Å². The quantitative estimate of drug-likeness (QED) is 0.746. The minimum absolute atomic E-state index is 0.0762. The second kappa shape index (κ2) is 6.71. The highest BCUT2D eigenvalue weighted by molar-refractivity contribution is 5.56. The molecule has 0 atom stereocenters. The maximum atomic E-state index is 12.5. The van der Waals surface area contributed by atoms with Gasteiger partial charge in [0.05, 0.1) is 0 Å². The zero-order valence-corrected chi connectivity index (χ0v) is 12.8. The van der Waals surface area contributed by atoms with E-state index in [0.29, 0.717) is 0 Å². The lowest BCUT2D eigenvalue weighted by molar-refractivity contribution is -0.133. The van der Waals surface area contributed by atoms with Gasteiger partial charge in [0, 0.05) is 25.2 Å². The molecule has 118 valence electrons. The third kappa shape index (κ3) is 4.65. The molecule has 1 heterocycles. The van der Waals surface area contributed by atoms with Crippen molar-refractivity contribution in [2.24, 2.45) is 5.92 Å². The van der Waals surface area contributed by atoms with E-state index >= 15 is 0 Å². The molecular formula is C17H24F3N. The molecule has 0 saturated carbocycles. The van der Waals surface area contributed by atoms with Crippen LogP contribution in [-0.4, -0.2) is 19.3 Å². The summed E-state index contributed by atoms with van der Waals surface area (Å²) in [6, 6.07) is 5.81. The summed E-state index contributed by atoms with van der Waals surface area (Å²) in [5.41, 5.74) is 2.94. The van der Waals surface area contributed by atoms with Gasteiger partial charge in [-0.25, -0.2) is 0 Å². The van der Waals surface area contributed by atoms with Crippen LogP contribution in [0.4, 0.5) is 18.9 Å².